The summed E-state index contributed by atoms with van der Waals surface area (Å²) in [5.74, 6) is -0.477. The van der Waals surface area contributed by atoms with Gasteiger partial charge < -0.3 is 15.7 Å². The van der Waals surface area contributed by atoms with Gasteiger partial charge in [-0.15, -0.1) is 0 Å². The Hall–Kier alpha value is -1.88. The molecule has 0 fully saturated rings. The zero-order valence-corrected chi connectivity index (χ0v) is 11.6. The van der Waals surface area contributed by atoms with Gasteiger partial charge in [0.2, 0.25) is 5.91 Å². The molecule has 1 aliphatic heterocycles. The quantitative estimate of drug-likeness (QED) is 0.855. The molecule has 0 bridgehead atoms. The number of carboxylic acids is 1. The van der Waals surface area contributed by atoms with Crippen molar-refractivity contribution in [3.63, 3.8) is 0 Å². The smallest absolute Gasteiger partial charge is 0.335 e. The fourth-order valence-corrected chi connectivity index (χ4v) is 2.35. The highest BCUT2D eigenvalue weighted by Crippen LogP contribution is 2.25. The molecule has 1 heterocycles. The monoisotopic (exact) mass is 276 g/mol. The molecule has 0 aromatic heterocycles. The number of amides is 1. The first kappa shape index (κ1) is 14.5. The number of hydrogen-bond donors (Lipinski definition) is 2. The molecule has 2 rings (SSSR count). The minimum atomic E-state index is -0.936. The van der Waals surface area contributed by atoms with Crippen molar-refractivity contribution < 1.29 is 14.7 Å². The van der Waals surface area contributed by atoms with Gasteiger partial charge in [-0.05, 0) is 42.1 Å². The summed E-state index contributed by atoms with van der Waals surface area (Å²) < 4.78 is 0. The third-order valence-electron chi connectivity index (χ3n) is 3.78. The summed E-state index contributed by atoms with van der Waals surface area (Å²) in [5.41, 5.74) is 7.79. The van der Waals surface area contributed by atoms with Crippen molar-refractivity contribution in [3.8, 4) is 0 Å². The summed E-state index contributed by atoms with van der Waals surface area (Å²) >= 11 is 0. The number of aromatic carboxylic acids is 1. The highest BCUT2D eigenvalue weighted by molar-refractivity contribution is 5.88. The average molecular weight is 276 g/mol. The molecule has 3 N–H and O–H groups in total. The fourth-order valence-electron chi connectivity index (χ4n) is 2.35. The highest BCUT2D eigenvalue weighted by Gasteiger charge is 2.24. The van der Waals surface area contributed by atoms with Gasteiger partial charge in [0.05, 0.1) is 5.56 Å². The summed E-state index contributed by atoms with van der Waals surface area (Å²) in [6.45, 7) is 3.71. The van der Waals surface area contributed by atoms with E-state index in [-0.39, 0.29) is 11.5 Å². The molecule has 1 aliphatic rings. The predicted octanol–water partition coefficient (Wildman–Crippen LogP) is 1.60. The molecular formula is C15H20N2O3. The Labute approximate surface area is 118 Å². The summed E-state index contributed by atoms with van der Waals surface area (Å²) in [6.07, 6.45) is 1.29. The van der Waals surface area contributed by atoms with Gasteiger partial charge in [0.15, 0.2) is 0 Å². The molecule has 1 unspecified atom stereocenters. The molecule has 1 atom stereocenters. The molecule has 5 nitrogen and oxygen atoms in total. The Kier molecular flexibility index (Phi) is 4.39. The molecule has 20 heavy (non-hydrogen) atoms. The second-order valence-corrected chi connectivity index (χ2v) is 5.42. The number of rotatable bonds is 5. The zero-order chi connectivity index (χ0) is 14.7. The standard InChI is InChI=1S/C15H20N2O3/c1-10(7-16)2-5-14(18)17-8-12-4-3-11(15(19)20)6-13(12)9-17/h3-4,6,10H,2,5,7-9,16H2,1H3,(H,19,20). The molecule has 1 aromatic carbocycles. The number of hydrogen-bond acceptors (Lipinski definition) is 3. The van der Waals surface area contributed by atoms with Crippen LogP contribution >= 0.6 is 0 Å². The van der Waals surface area contributed by atoms with Crippen LogP contribution in [0, 0.1) is 5.92 Å². The van der Waals surface area contributed by atoms with Crippen LogP contribution in [0.2, 0.25) is 0 Å². The number of carbonyl (C=O) groups excluding carboxylic acids is 1. The van der Waals surface area contributed by atoms with Crippen molar-refractivity contribution in [1.82, 2.24) is 4.90 Å². The molecule has 0 aliphatic carbocycles. The topological polar surface area (TPSA) is 83.6 Å². The van der Waals surface area contributed by atoms with Crippen molar-refractivity contribution in [1.29, 1.82) is 0 Å². The maximum Gasteiger partial charge on any atom is 0.335 e. The number of carboxylic acid groups (broad SMARTS) is 1. The first-order valence-corrected chi connectivity index (χ1v) is 6.84. The van der Waals surface area contributed by atoms with E-state index in [1.165, 1.54) is 0 Å². The van der Waals surface area contributed by atoms with Crippen molar-refractivity contribution in [2.75, 3.05) is 6.54 Å². The minimum absolute atomic E-state index is 0.110. The van der Waals surface area contributed by atoms with E-state index >= 15 is 0 Å². The molecule has 5 heteroatoms. The predicted molar refractivity (Wildman–Crippen MR) is 75.1 cm³/mol. The van der Waals surface area contributed by atoms with Crippen molar-refractivity contribution in [3.05, 3.63) is 34.9 Å². The number of nitrogens with two attached hydrogens (primary N) is 1. The van der Waals surface area contributed by atoms with Crippen LogP contribution < -0.4 is 5.73 Å². The maximum absolute atomic E-state index is 12.1. The van der Waals surface area contributed by atoms with Crippen LogP contribution in [-0.4, -0.2) is 28.4 Å². The second kappa shape index (κ2) is 6.05. The lowest BCUT2D eigenvalue weighted by atomic mass is 10.1. The number of benzene rings is 1. The van der Waals surface area contributed by atoms with E-state index < -0.39 is 5.97 Å². The minimum Gasteiger partial charge on any atom is -0.478 e. The normalized spacial score (nSPS) is 15.0. The lowest BCUT2D eigenvalue weighted by Crippen LogP contribution is -2.26. The van der Waals surface area contributed by atoms with Gasteiger partial charge in [-0.2, -0.15) is 0 Å². The molecule has 108 valence electrons. The molecular weight excluding hydrogens is 256 g/mol. The lowest BCUT2D eigenvalue weighted by molar-refractivity contribution is -0.132. The van der Waals surface area contributed by atoms with Gasteiger partial charge in [-0.3, -0.25) is 4.79 Å². The Morgan fingerprint density at radius 3 is 2.70 bits per heavy atom. The van der Waals surface area contributed by atoms with E-state index in [9.17, 15) is 9.59 Å². The largest absolute Gasteiger partial charge is 0.478 e. The summed E-state index contributed by atoms with van der Waals surface area (Å²) in [4.78, 5) is 24.8. The van der Waals surface area contributed by atoms with Crippen LogP contribution in [-0.2, 0) is 17.9 Å². The SMILES string of the molecule is CC(CN)CCC(=O)N1Cc2ccc(C(=O)O)cc2C1. The molecule has 0 saturated carbocycles. The van der Waals surface area contributed by atoms with Gasteiger partial charge in [0.1, 0.15) is 0 Å². The first-order valence-electron chi connectivity index (χ1n) is 6.84. The Balaban J connectivity index is 1.98. The number of carbonyl (C=O) groups is 2. The van der Waals surface area contributed by atoms with Gasteiger partial charge in [0, 0.05) is 19.5 Å². The van der Waals surface area contributed by atoms with Crippen LogP contribution in [0.25, 0.3) is 0 Å². The zero-order valence-electron chi connectivity index (χ0n) is 11.6. The summed E-state index contributed by atoms with van der Waals surface area (Å²) in [5, 5.41) is 8.97. The number of nitrogens with zero attached hydrogens (tertiary/aromatic N) is 1. The molecule has 0 saturated heterocycles. The second-order valence-electron chi connectivity index (χ2n) is 5.42. The van der Waals surface area contributed by atoms with E-state index in [0.717, 1.165) is 17.5 Å². The van der Waals surface area contributed by atoms with Crippen LogP contribution in [0.3, 0.4) is 0 Å². The highest BCUT2D eigenvalue weighted by atomic mass is 16.4. The Morgan fingerprint density at radius 1 is 1.35 bits per heavy atom. The van der Waals surface area contributed by atoms with E-state index in [1.54, 1.807) is 23.1 Å². The first-order chi connectivity index (χ1) is 9.51. The van der Waals surface area contributed by atoms with Crippen molar-refractivity contribution >= 4 is 11.9 Å². The van der Waals surface area contributed by atoms with Crippen molar-refractivity contribution in [2.24, 2.45) is 11.7 Å². The molecule has 0 spiro atoms. The van der Waals surface area contributed by atoms with Crippen LogP contribution in [0.15, 0.2) is 18.2 Å². The Morgan fingerprint density at radius 2 is 2.05 bits per heavy atom. The fraction of sp³-hybridized carbons (Fsp3) is 0.467. The summed E-state index contributed by atoms with van der Waals surface area (Å²) in [6, 6.07) is 5.05. The number of fused-ring (bicyclic) bond motifs is 1. The van der Waals surface area contributed by atoms with Gasteiger partial charge in [-0.25, -0.2) is 4.79 Å². The Bertz CT molecular complexity index is 528. The molecule has 0 radical (unpaired) electrons. The van der Waals surface area contributed by atoms with Crippen LogP contribution in [0.1, 0.15) is 41.3 Å². The average Bonchev–Trinajstić information content (AvgIpc) is 2.87. The van der Waals surface area contributed by atoms with Crippen LogP contribution in [0.4, 0.5) is 0 Å². The third kappa shape index (κ3) is 3.17. The third-order valence-corrected chi connectivity index (χ3v) is 3.78. The van der Waals surface area contributed by atoms with Crippen molar-refractivity contribution in [2.45, 2.75) is 32.9 Å². The van der Waals surface area contributed by atoms with E-state index in [2.05, 4.69) is 0 Å². The van der Waals surface area contributed by atoms with E-state index in [0.29, 0.717) is 32.0 Å². The van der Waals surface area contributed by atoms with Crippen LogP contribution in [0.5, 0.6) is 0 Å². The summed E-state index contributed by atoms with van der Waals surface area (Å²) in [7, 11) is 0. The maximum atomic E-state index is 12.1. The van der Waals surface area contributed by atoms with Gasteiger partial charge >= 0.3 is 5.97 Å². The van der Waals surface area contributed by atoms with E-state index in [1.807, 2.05) is 6.92 Å². The molecule has 1 amide bonds. The lowest BCUT2D eigenvalue weighted by Gasteiger charge is -2.16. The van der Waals surface area contributed by atoms with Gasteiger partial charge in [0.25, 0.3) is 0 Å². The van der Waals surface area contributed by atoms with E-state index in [4.69, 9.17) is 10.8 Å². The molecule has 1 aromatic rings. The van der Waals surface area contributed by atoms with Gasteiger partial charge in [-0.1, -0.05) is 13.0 Å².